The maximum absolute atomic E-state index is 13.6. The van der Waals surface area contributed by atoms with Crippen LogP contribution in [0.2, 0.25) is 0 Å². The minimum Gasteiger partial charge on any atom is -0.451 e. The fourth-order valence-corrected chi connectivity index (χ4v) is 7.64. The van der Waals surface area contributed by atoms with Crippen LogP contribution in [-0.2, 0) is 30.4 Å². The smallest absolute Gasteiger partial charge is 0.258 e. The third kappa shape index (κ3) is 6.50. The molecule has 1 aliphatic carbocycles. The SMILES string of the molecule is CC1NN=C(c2c(CCc3ccc(F)cc3)nc3c(c2-c2ccc(C(N)=O)s2)C(=O)N2CCCC32)O1.CO.c1ccc2c(c1)CCC2. The van der Waals surface area contributed by atoms with Gasteiger partial charge >= 0.3 is 0 Å². The molecular weight excluding hydrogens is 617 g/mol. The van der Waals surface area contributed by atoms with Gasteiger partial charge in [0.15, 0.2) is 6.23 Å². The first-order valence-corrected chi connectivity index (χ1v) is 16.7. The summed E-state index contributed by atoms with van der Waals surface area (Å²) in [6, 6.07) is 18.6. The van der Waals surface area contributed by atoms with Crippen LogP contribution in [0.4, 0.5) is 4.39 Å². The molecule has 4 N–H and O–H groups in total. The summed E-state index contributed by atoms with van der Waals surface area (Å²) < 4.78 is 19.4. The van der Waals surface area contributed by atoms with Crippen molar-refractivity contribution in [1.82, 2.24) is 15.3 Å². The molecule has 4 aliphatic rings. The van der Waals surface area contributed by atoms with Crippen LogP contribution < -0.4 is 11.2 Å². The Kier molecular flexibility index (Phi) is 9.65. The predicted octanol–water partition coefficient (Wildman–Crippen LogP) is 5.54. The number of aryl methyl sites for hydroxylation is 4. The highest BCUT2D eigenvalue weighted by molar-refractivity contribution is 7.17. The van der Waals surface area contributed by atoms with Crippen LogP contribution in [0.1, 0.15) is 85.9 Å². The molecule has 1 fully saturated rings. The highest BCUT2D eigenvalue weighted by Crippen LogP contribution is 2.47. The van der Waals surface area contributed by atoms with E-state index >= 15 is 0 Å². The molecule has 0 bridgehead atoms. The Morgan fingerprint density at radius 1 is 1.02 bits per heavy atom. The summed E-state index contributed by atoms with van der Waals surface area (Å²) in [4.78, 5) is 33.6. The van der Waals surface area contributed by atoms with Crippen molar-refractivity contribution < 1.29 is 23.8 Å². The molecule has 0 saturated carbocycles. The van der Waals surface area contributed by atoms with Crippen LogP contribution in [0, 0.1) is 5.82 Å². The zero-order valence-corrected chi connectivity index (χ0v) is 27.3. The summed E-state index contributed by atoms with van der Waals surface area (Å²) in [5, 5.41) is 11.4. The Bertz CT molecular complexity index is 1800. The molecule has 8 rings (SSSR count). The number of aromatic nitrogens is 1. The van der Waals surface area contributed by atoms with Gasteiger partial charge in [-0.15, -0.1) is 16.4 Å². The maximum Gasteiger partial charge on any atom is 0.258 e. The van der Waals surface area contributed by atoms with Crippen LogP contribution in [0.3, 0.4) is 0 Å². The number of aliphatic hydroxyl groups is 1. The quantitative estimate of drug-likeness (QED) is 0.250. The number of carbonyl (C=O) groups excluding carboxylic acids is 2. The van der Waals surface area contributed by atoms with Crippen molar-refractivity contribution in [2.75, 3.05) is 13.7 Å². The molecule has 0 spiro atoms. The van der Waals surface area contributed by atoms with E-state index in [0.29, 0.717) is 46.9 Å². The van der Waals surface area contributed by atoms with E-state index < -0.39 is 5.91 Å². The van der Waals surface area contributed by atoms with E-state index in [9.17, 15) is 14.0 Å². The van der Waals surface area contributed by atoms with E-state index in [4.69, 9.17) is 20.6 Å². The van der Waals surface area contributed by atoms with Crippen molar-refractivity contribution in [2.45, 2.75) is 64.1 Å². The van der Waals surface area contributed by atoms with E-state index in [2.05, 4.69) is 34.8 Å². The number of carbonyl (C=O) groups is 2. The number of nitrogens with two attached hydrogens (primary N) is 1. The first-order valence-electron chi connectivity index (χ1n) is 15.9. The number of nitrogens with one attached hydrogen (secondary N) is 1. The third-order valence-electron chi connectivity index (χ3n) is 8.86. The van der Waals surface area contributed by atoms with Crippen LogP contribution in [0.5, 0.6) is 0 Å². The lowest BCUT2D eigenvalue weighted by atomic mass is 9.93. The fourth-order valence-electron chi connectivity index (χ4n) is 6.73. The zero-order valence-electron chi connectivity index (χ0n) is 26.5. The number of ether oxygens (including phenoxy) is 1. The number of fused-ring (bicyclic) bond motifs is 4. The number of amides is 2. The second-order valence-electron chi connectivity index (χ2n) is 11.8. The van der Waals surface area contributed by atoms with Crippen molar-refractivity contribution in [1.29, 1.82) is 0 Å². The van der Waals surface area contributed by atoms with Gasteiger partial charge in [-0.25, -0.2) is 4.39 Å². The van der Waals surface area contributed by atoms with Gasteiger partial charge in [-0.05, 0) is 92.8 Å². The summed E-state index contributed by atoms with van der Waals surface area (Å²) >= 11 is 1.24. The van der Waals surface area contributed by atoms with Crippen molar-refractivity contribution in [3.8, 4) is 10.4 Å². The van der Waals surface area contributed by atoms with E-state index in [1.54, 1.807) is 29.3 Å². The number of hydrazone groups is 1. The molecule has 244 valence electrons. The molecule has 47 heavy (non-hydrogen) atoms. The molecule has 4 aromatic rings. The second-order valence-corrected chi connectivity index (χ2v) is 12.9. The molecule has 2 aromatic heterocycles. The molecule has 2 amide bonds. The first-order chi connectivity index (χ1) is 22.9. The van der Waals surface area contributed by atoms with Crippen LogP contribution in [0.15, 0.2) is 65.8 Å². The Labute approximate surface area is 277 Å². The molecule has 1 saturated heterocycles. The van der Waals surface area contributed by atoms with E-state index in [1.165, 1.54) is 42.7 Å². The monoisotopic (exact) mass is 655 g/mol. The molecule has 5 heterocycles. The Hall–Kier alpha value is -4.61. The summed E-state index contributed by atoms with van der Waals surface area (Å²) in [6.45, 7) is 2.53. The molecule has 2 unspecified atom stereocenters. The Balaban J connectivity index is 0.000000298. The molecule has 9 nitrogen and oxygen atoms in total. The van der Waals surface area contributed by atoms with Gasteiger partial charge in [-0.3, -0.25) is 20.0 Å². The molecule has 11 heteroatoms. The number of hydrogen-bond acceptors (Lipinski definition) is 8. The molecule has 3 aliphatic heterocycles. The number of rotatable bonds is 6. The van der Waals surface area contributed by atoms with E-state index in [1.807, 2.05) is 17.9 Å². The first kappa shape index (κ1) is 32.3. The Morgan fingerprint density at radius 3 is 2.38 bits per heavy atom. The minimum absolute atomic E-state index is 0.0602. The van der Waals surface area contributed by atoms with Gasteiger partial charge in [0.1, 0.15) is 5.82 Å². The highest BCUT2D eigenvalue weighted by Gasteiger charge is 2.45. The average Bonchev–Trinajstić information content (AvgIpc) is 3.93. The number of aliphatic hydroxyl groups excluding tert-OH is 1. The van der Waals surface area contributed by atoms with Gasteiger partial charge in [-0.1, -0.05) is 36.4 Å². The van der Waals surface area contributed by atoms with Crippen molar-refractivity contribution in [3.05, 3.63) is 111 Å². The molecular formula is C36H38FN5O4S. The van der Waals surface area contributed by atoms with E-state index in [-0.39, 0.29) is 24.0 Å². The summed E-state index contributed by atoms with van der Waals surface area (Å²) in [6.07, 6.45) is 6.57. The number of pyridine rings is 1. The lowest BCUT2D eigenvalue weighted by molar-refractivity contribution is 0.0776. The predicted molar refractivity (Wildman–Crippen MR) is 180 cm³/mol. The van der Waals surface area contributed by atoms with Crippen LogP contribution in [0.25, 0.3) is 10.4 Å². The number of primary amides is 1. The fraction of sp³-hybridized carbons (Fsp3) is 0.333. The molecule has 2 atom stereocenters. The normalized spacial score (nSPS) is 18.5. The summed E-state index contributed by atoms with van der Waals surface area (Å²) in [5.74, 6) is -0.508. The summed E-state index contributed by atoms with van der Waals surface area (Å²) in [7, 11) is 1.00. The van der Waals surface area contributed by atoms with Gasteiger partial charge < -0.3 is 20.5 Å². The standard InChI is InChI=1S/C26H24FN5O3S.C9H10.CH4O/c1-13-30-31-25(35-13)20-16(9-6-14-4-7-15(27)8-5-14)29-23-17-3-2-12-32(17)26(34)22(23)21(20)18-10-11-19(36-18)24(28)33;1-2-5-9-7-3-6-8(9)4-1;1-2/h4-5,7-8,10-11,13,17,30H,2-3,6,9,12H2,1H3,(H2,28,33);1-2,4-5H,3,6-7H2;2H,1H3. The topological polar surface area (TPSA) is 130 Å². The van der Waals surface area contributed by atoms with Gasteiger partial charge in [0.2, 0.25) is 5.90 Å². The Morgan fingerprint density at radius 2 is 1.74 bits per heavy atom. The van der Waals surface area contributed by atoms with Crippen molar-refractivity contribution in [3.63, 3.8) is 0 Å². The number of benzene rings is 2. The lowest BCUT2D eigenvalue weighted by Gasteiger charge is -2.18. The van der Waals surface area contributed by atoms with Crippen molar-refractivity contribution in [2.24, 2.45) is 10.8 Å². The van der Waals surface area contributed by atoms with E-state index in [0.717, 1.165) is 41.8 Å². The lowest BCUT2D eigenvalue weighted by Crippen LogP contribution is -2.23. The number of halogens is 1. The summed E-state index contributed by atoms with van der Waals surface area (Å²) in [5.41, 5.74) is 16.0. The van der Waals surface area contributed by atoms with Gasteiger partial charge in [0.05, 0.1) is 33.4 Å². The number of thiophene rings is 1. The second kappa shape index (κ2) is 14.0. The largest absolute Gasteiger partial charge is 0.451 e. The van der Waals surface area contributed by atoms with Crippen LogP contribution >= 0.6 is 11.3 Å². The molecule has 2 aromatic carbocycles. The van der Waals surface area contributed by atoms with Gasteiger partial charge in [0.25, 0.3) is 11.8 Å². The highest BCUT2D eigenvalue weighted by atomic mass is 32.1. The van der Waals surface area contributed by atoms with Gasteiger partial charge in [0, 0.05) is 24.1 Å². The van der Waals surface area contributed by atoms with Crippen molar-refractivity contribution >= 4 is 29.0 Å². The third-order valence-corrected chi connectivity index (χ3v) is 9.98. The minimum atomic E-state index is -0.522. The molecule has 0 radical (unpaired) electrons. The van der Waals surface area contributed by atoms with Gasteiger partial charge in [-0.2, -0.15) is 0 Å². The average molecular weight is 656 g/mol. The number of nitrogens with zero attached hydrogens (tertiary/aromatic N) is 3. The van der Waals surface area contributed by atoms with Crippen LogP contribution in [-0.4, -0.2) is 52.6 Å². The number of hydrogen-bond donors (Lipinski definition) is 3. The zero-order chi connectivity index (χ0) is 33.1. The maximum atomic E-state index is 13.6.